The minimum atomic E-state index is -0.578. The molecule has 8 heteroatoms. The second-order valence-electron chi connectivity index (χ2n) is 6.90. The Bertz CT molecular complexity index is 1130. The van der Waals surface area contributed by atoms with E-state index in [1.807, 2.05) is 24.3 Å². The Hall–Kier alpha value is -3.94. The maximum atomic E-state index is 12.8. The number of nitro benzene ring substituents is 1. The summed E-state index contributed by atoms with van der Waals surface area (Å²) in [6.45, 7) is 3.75. The predicted octanol–water partition coefficient (Wildman–Crippen LogP) is 4.16. The largest absolute Gasteiger partial charge is 0.463 e. The van der Waals surface area contributed by atoms with Gasteiger partial charge in [-0.1, -0.05) is 24.3 Å². The fourth-order valence-electron chi connectivity index (χ4n) is 3.70. The van der Waals surface area contributed by atoms with Gasteiger partial charge < -0.3 is 15.4 Å². The molecule has 0 aliphatic carbocycles. The third kappa shape index (κ3) is 3.43. The maximum Gasteiger partial charge on any atom is 0.336 e. The van der Waals surface area contributed by atoms with Gasteiger partial charge in [0.1, 0.15) is 5.82 Å². The van der Waals surface area contributed by atoms with E-state index in [0.717, 1.165) is 11.4 Å². The minimum Gasteiger partial charge on any atom is -0.463 e. The summed E-state index contributed by atoms with van der Waals surface area (Å²) in [6, 6.07) is 13.9. The molecule has 2 N–H and O–H groups in total. The molecule has 2 aliphatic heterocycles. The van der Waals surface area contributed by atoms with Gasteiger partial charge in [-0.05, 0) is 31.5 Å². The van der Waals surface area contributed by atoms with Crippen LogP contribution in [0.15, 0.2) is 76.2 Å². The summed E-state index contributed by atoms with van der Waals surface area (Å²) in [5.41, 5.74) is 3.84. The van der Waals surface area contributed by atoms with Crippen LogP contribution in [0.25, 0.3) is 0 Å². The number of allylic oxidation sites excluding steroid dienone is 2. The first-order valence-corrected chi connectivity index (χ1v) is 9.53. The first kappa shape index (κ1) is 19.4. The SMILES string of the molecule is CCOC(=O)C1=C(C)NC2=C(C=Nc3ccccc3N2)C1c1cccc([N+](=O)[O-])c1. The molecule has 0 spiro atoms. The lowest BCUT2D eigenvalue weighted by atomic mass is 9.81. The summed E-state index contributed by atoms with van der Waals surface area (Å²) in [6.07, 6.45) is 1.69. The van der Waals surface area contributed by atoms with Gasteiger partial charge in [-0.15, -0.1) is 0 Å². The van der Waals surface area contributed by atoms with Crippen molar-refractivity contribution in [3.8, 4) is 0 Å². The first-order chi connectivity index (χ1) is 14.5. The van der Waals surface area contributed by atoms with E-state index in [2.05, 4.69) is 15.6 Å². The van der Waals surface area contributed by atoms with Crippen molar-refractivity contribution in [1.82, 2.24) is 5.32 Å². The number of hydrogen-bond acceptors (Lipinski definition) is 7. The van der Waals surface area contributed by atoms with Crippen molar-refractivity contribution in [3.05, 3.63) is 86.9 Å². The van der Waals surface area contributed by atoms with Crippen molar-refractivity contribution in [1.29, 1.82) is 0 Å². The van der Waals surface area contributed by atoms with Gasteiger partial charge in [-0.3, -0.25) is 15.1 Å². The molecule has 4 rings (SSSR count). The standard InChI is InChI=1S/C22H20N4O4/c1-3-30-22(27)19-13(2)24-21-16(12-23-17-9-4-5-10-18(17)25-21)20(19)14-7-6-8-15(11-14)26(28)29/h4-12,20,24-25H,3H2,1-2H3. The lowest BCUT2D eigenvalue weighted by Gasteiger charge is -2.30. The summed E-state index contributed by atoms with van der Waals surface area (Å²) in [5, 5.41) is 17.9. The Kier molecular flexibility index (Phi) is 5.05. The van der Waals surface area contributed by atoms with Crippen LogP contribution in [0.5, 0.6) is 0 Å². The Morgan fingerprint density at radius 2 is 2.00 bits per heavy atom. The van der Waals surface area contributed by atoms with Crippen LogP contribution in [-0.2, 0) is 9.53 Å². The average molecular weight is 404 g/mol. The quantitative estimate of drug-likeness (QED) is 0.450. The van der Waals surface area contributed by atoms with Crippen LogP contribution in [0.3, 0.4) is 0 Å². The Labute approximate surface area is 173 Å². The van der Waals surface area contributed by atoms with Crippen LogP contribution in [0.2, 0.25) is 0 Å². The van der Waals surface area contributed by atoms with Crippen molar-refractivity contribution < 1.29 is 14.5 Å². The Morgan fingerprint density at radius 3 is 2.77 bits per heavy atom. The number of nitrogens with one attached hydrogen (secondary N) is 2. The van der Waals surface area contributed by atoms with Gasteiger partial charge in [0.05, 0.1) is 28.5 Å². The van der Waals surface area contributed by atoms with E-state index in [1.165, 1.54) is 12.1 Å². The first-order valence-electron chi connectivity index (χ1n) is 9.53. The van der Waals surface area contributed by atoms with Gasteiger partial charge in [-0.25, -0.2) is 4.79 Å². The molecule has 152 valence electrons. The van der Waals surface area contributed by atoms with E-state index in [-0.39, 0.29) is 12.3 Å². The number of carbonyl (C=O) groups is 1. The fourth-order valence-corrected chi connectivity index (χ4v) is 3.70. The monoisotopic (exact) mass is 404 g/mol. The third-order valence-electron chi connectivity index (χ3n) is 5.02. The number of non-ortho nitro benzene ring substituents is 1. The Balaban J connectivity index is 1.89. The number of ether oxygens (including phenoxy) is 1. The average Bonchev–Trinajstić information content (AvgIpc) is 2.92. The number of anilines is 1. The molecule has 2 aliphatic rings. The Morgan fingerprint density at radius 1 is 1.20 bits per heavy atom. The number of hydrogen-bond donors (Lipinski definition) is 2. The zero-order valence-electron chi connectivity index (χ0n) is 16.5. The van der Waals surface area contributed by atoms with E-state index in [4.69, 9.17) is 4.74 Å². The second kappa shape index (κ2) is 7.82. The minimum absolute atomic E-state index is 0.0455. The molecule has 0 aromatic heterocycles. The molecule has 0 saturated heterocycles. The van der Waals surface area contributed by atoms with E-state index in [1.54, 1.807) is 32.2 Å². The number of esters is 1. The molecule has 2 aromatic carbocycles. The van der Waals surface area contributed by atoms with Gasteiger partial charge in [0, 0.05) is 35.5 Å². The summed E-state index contributed by atoms with van der Waals surface area (Å²) in [4.78, 5) is 28.3. The topological polar surface area (TPSA) is 106 Å². The molecule has 1 atom stereocenters. The number of benzene rings is 2. The molecular weight excluding hydrogens is 384 g/mol. The number of aliphatic imine (C=N–C) groups is 1. The number of para-hydroxylation sites is 2. The zero-order valence-corrected chi connectivity index (χ0v) is 16.5. The van der Waals surface area contributed by atoms with E-state index in [9.17, 15) is 14.9 Å². The number of nitro groups is 1. The normalized spacial score (nSPS) is 17.3. The molecule has 2 aromatic rings. The number of carbonyl (C=O) groups excluding carboxylic acids is 1. The number of fused-ring (bicyclic) bond motifs is 1. The predicted molar refractivity (Wildman–Crippen MR) is 114 cm³/mol. The smallest absolute Gasteiger partial charge is 0.336 e. The van der Waals surface area contributed by atoms with Crippen LogP contribution in [0.4, 0.5) is 17.1 Å². The zero-order chi connectivity index (χ0) is 21.3. The van der Waals surface area contributed by atoms with Gasteiger partial charge in [0.25, 0.3) is 5.69 Å². The number of nitrogens with zero attached hydrogens (tertiary/aromatic N) is 2. The highest BCUT2D eigenvalue weighted by Crippen LogP contribution is 2.41. The fraction of sp³-hybridized carbons (Fsp3) is 0.182. The third-order valence-corrected chi connectivity index (χ3v) is 5.02. The second-order valence-corrected chi connectivity index (χ2v) is 6.90. The molecule has 1 unspecified atom stereocenters. The molecule has 30 heavy (non-hydrogen) atoms. The van der Waals surface area contributed by atoms with Crippen molar-refractivity contribution in [3.63, 3.8) is 0 Å². The highest BCUT2D eigenvalue weighted by Gasteiger charge is 2.36. The number of dihydropyridines is 1. The summed E-state index contributed by atoms with van der Waals surface area (Å²) >= 11 is 0. The van der Waals surface area contributed by atoms with Crippen LogP contribution >= 0.6 is 0 Å². The molecule has 0 saturated carbocycles. The van der Waals surface area contributed by atoms with E-state index in [0.29, 0.717) is 28.2 Å². The van der Waals surface area contributed by atoms with Crippen LogP contribution in [-0.4, -0.2) is 23.7 Å². The van der Waals surface area contributed by atoms with E-state index < -0.39 is 16.8 Å². The highest BCUT2D eigenvalue weighted by atomic mass is 16.6. The summed E-state index contributed by atoms with van der Waals surface area (Å²) in [5.74, 6) is -0.378. The van der Waals surface area contributed by atoms with Gasteiger partial charge in [-0.2, -0.15) is 0 Å². The maximum absolute atomic E-state index is 12.8. The van der Waals surface area contributed by atoms with E-state index >= 15 is 0 Å². The molecule has 0 amide bonds. The molecular formula is C22H20N4O4. The molecule has 0 radical (unpaired) electrons. The van der Waals surface area contributed by atoms with Crippen LogP contribution < -0.4 is 10.6 Å². The summed E-state index contributed by atoms with van der Waals surface area (Å²) in [7, 11) is 0. The van der Waals surface area contributed by atoms with Gasteiger partial charge in [0.2, 0.25) is 0 Å². The van der Waals surface area contributed by atoms with Gasteiger partial charge in [0.15, 0.2) is 0 Å². The number of rotatable bonds is 4. The molecule has 0 fully saturated rings. The molecule has 2 heterocycles. The van der Waals surface area contributed by atoms with Crippen LogP contribution in [0, 0.1) is 10.1 Å². The molecule has 8 nitrogen and oxygen atoms in total. The lowest BCUT2D eigenvalue weighted by molar-refractivity contribution is -0.384. The van der Waals surface area contributed by atoms with Crippen LogP contribution in [0.1, 0.15) is 25.3 Å². The van der Waals surface area contributed by atoms with Crippen molar-refractivity contribution in [2.45, 2.75) is 19.8 Å². The lowest BCUT2D eigenvalue weighted by Crippen LogP contribution is -2.33. The summed E-state index contributed by atoms with van der Waals surface area (Å²) < 4.78 is 5.30. The van der Waals surface area contributed by atoms with Gasteiger partial charge >= 0.3 is 5.97 Å². The molecule has 0 bridgehead atoms. The van der Waals surface area contributed by atoms with Crippen molar-refractivity contribution >= 4 is 29.2 Å². The van der Waals surface area contributed by atoms with Crippen molar-refractivity contribution in [2.75, 3.05) is 11.9 Å². The highest BCUT2D eigenvalue weighted by molar-refractivity contribution is 5.98. The van der Waals surface area contributed by atoms with Crippen molar-refractivity contribution in [2.24, 2.45) is 4.99 Å².